The Hall–Kier alpha value is -1.58. The van der Waals surface area contributed by atoms with E-state index < -0.39 is 32.6 Å². The Labute approximate surface area is 163 Å². The van der Waals surface area contributed by atoms with E-state index in [1.807, 2.05) is 0 Å². The van der Waals surface area contributed by atoms with Gasteiger partial charge in [0.2, 0.25) is 0 Å². The van der Waals surface area contributed by atoms with Crippen LogP contribution in [0.2, 0.25) is 0 Å². The third-order valence-corrected chi connectivity index (χ3v) is 6.10. The van der Waals surface area contributed by atoms with Gasteiger partial charge in [0.15, 0.2) is 0 Å². The molecule has 0 saturated heterocycles. The summed E-state index contributed by atoms with van der Waals surface area (Å²) in [4.78, 5) is 17.5. The van der Waals surface area contributed by atoms with Crippen LogP contribution in [0.1, 0.15) is 22.3 Å². The van der Waals surface area contributed by atoms with Crippen LogP contribution in [0.3, 0.4) is 0 Å². The first-order chi connectivity index (χ1) is 13.5. The van der Waals surface area contributed by atoms with Crippen LogP contribution in [0.4, 0.5) is 17.8 Å². The van der Waals surface area contributed by atoms with Crippen LogP contribution < -0.4 is 5.32 Å². The summed E-state index contributed by atoms with van der Waals surface area (Å²) in [6.45, 7) is 0.641. The zero-order valence-corrected chi connectivity index (χ0v) is 16.5. The second-order valence-corrected chi connectivity index (χ2v) is 9.57. The molecule has 2 aromatic carbocycles. The van der Waals surface area contributed by atoms with E-state index in [9.17, 15) is 27.0 Å². The first kappa shape index (κ1) is 23.7. The van der Waals surface area contributed by atoms with Crippen molar-refractivity contribution in [1.82, 2.24) is 5.32 Å². The van der Waals surface area contributed by atoms with Crippen LogP contribution in [0.5, 0.6) is 0 Å². The van der Waals surface area contributed by atoms with E-state index in [-0.39, 0.29) is 6.54 Å². The normalized spacial score (nSPS) is 12.9. The minimum absolute atomic E-state index is 0.282. The summed E-state index contributed by atoms with van der Waals surface area (Å²) >= 11 is 0. The first-order valence-electron chi connectivity index (χ1n) is 8.02. The van der Waals surface area contributed by atoms with Gasteiger partial charge in [-0.05, 0) is 25.7 Å². The number of hydrogen-bond acceptors (Lipinski definition) is 5. The Morgan fingerprint density at radius 3 is 1.66 bits per heavy atom. The molecule has 2 aromatic rings. The van der Waals surface area contributed by atoms with Crippen molar-refractivity contribution < 1.29 is 46.2 Å². The Balaban J connectivity index is 1.90. The lowest BCUT2D eigenvalue weighted by atomic mass is 10.1. The highest BCUT2D eigenvalue weighted by Crippen LogP contribution is 2.59. The molecule has 13 heteroatoms. The summed E-state index contributed by atoms with van der Waals surface area (Å²) in [5.41, 5.74) is -3.33. The molecule has 0 atom stereocenters. The summed E-state index contributed by atoms with van der Waals surface area (Å²) < 4.78 is 79.6. The Kier molecular flexibility index (Phi) is 7.75. The quantitative estimate of drug-likeness (QED) is 0.351. The molecule has 29 heavy (non-hydrogen) atoms. The highest BCUT2D eigenvalue weighted by molar-refractivity contribution is 7.52. The molecule has 0 saturated carbocycles. The molecule has 0 aliphatic rings. The highest BCUT2D eigenvalue weighted by Gasteiger charge is 2.50. The van der Waals surface area contributed by atoms with E-state index in [0.717, 1.165) is 17.7 Å². The van der Waals surface area contributed by atoms with Crippen molar-refractivity contribution in [2.75, 3.05) is 0 Å². The van der Waals surface area contributed by atoms with Crippen LogP contribution in [0, 0.1) is 0 Å². The molecule has 0 unspecified atom stereocenters. The smallest absolute Gasteiger partial charge is 0.320 e. The molecule has 0 aromatic heterocycles. The van der Waals surface area contributed by atoms with Crippen molar-refractivity contribution in [3.05, 3.63) is 70.8 Å². The predicted octanol–water partition coefficient (Wildman–Crippen LogP) is 4.70. The fourth-order valence-corrected chi connectivity index (χ4v) is 3.65. The number of hydrogen-bond donors (Lipinski definition) is 3. The molecule has 0 radical (unpaired) electrons. The summed E-state index contributed by atoms with van der Waals surface area (Å²) in [7, 11) is -10.1. The van der Waals surface area contributed by atoms with E-state index in [2.05, 4.69) is 14.8 Å². The van der Waals surface area contributed by atoms with Gasteiger partial charge in [-0.25, -0.2) is 0 Å². The van der Waals surface area contributed by atoms with E-state index in [4.69, 9.17) is 9.79 Å². The minimum atomic E-state index is -5.61. The molecular weight excluding hydrogens is 440 g/mol. The third kappa shape index (κ3) is 6.20. The Morgan fingerprint density at radius 2 is 1.24 bits per heavy atom. The lowest BCUT2D eigenvalue weighted by Crippen LogP contribution is -2.15. The topological polar surface area (TPSA) is 105 Å². The zero-order valence-electron chi connectivity index (χ0n) is 14.7. The molecule has 0 aliphatic carbocycles. The molecule has 0 fully saturated rings. The van der Waals surface area contributed by atoms with Crippen LogP contribution in [0.15, 0.2) is 48.5 Å². The molecule has 2 rings (SSSR count). The maximum atomic E-state index is 13.6. The number of rotatable bonds is 10. The maximum Gasteiger partial charge on any atom is 0.399 e. The van der Waals surface area contributed by atoms with Gasteiger partial charge in [-0.2, -0.15) is 8.78 Å². The van der Waals surface area contributed by atoms with Gasteiger partial charge >= 0.3 is 20.9 Å². The van der Waals surface area contributed by atoms with Crippen molar-refractivity contribution >= 4 is 15.2 Å². The van der Waals surface area contributed by atoms with Gasteiger partial charge in [0.1, 0.15) is 0 Å². The summed E-state index contributed by atoms with van der Waals surface area (Å²) in [6.07, 6.45) is -0.584. The van der Waals surface area contributed by atoms with Crippen LogP contribution >= 0.6 is 15.2 Å². The van der Waals surface area contributed by atoms with Crippen molar-refractivity contribution in [3.8, 4) is 0 Å². The molecular formula is C16H17F4NO6P2. The molecule has 3 N–H and O–H groups in total. The average Bonchev–Trinajstić information content (AvgIpc) is 2.69. The van der Waals surface area contributed by atoms with E-state index in [1.165, 1.54) is 24.3 Å². The van der Waals surface area contributed by atoms with E-state index >= 15 is 0 Å². The van der Waals surface area contributed by atoms with Gasteiger partial charge in [-0.3, -0.25) is 9.13 Å². The van der Waals surface area contributed by atoms with Gasteiger partial charge in [-0.15, -0.1) is 9.46 Å². The summed E-state index contributed by atoms with van der Waals surface area (Å²) in [5, 5.41) is 3.03. The first-order valence-corrected chi connectivity index (χ1v) is 11.4. The lowest BCUT2D eigenvalue weighted by Gasteiger charge is -2.18. The SMILES string of the molecule is O=P(Cc1ccc(CNCc2ccc(C(F)(F)P(=O)(O)O)cc2)cc1)(OF)OF. The van der Waals surface area contributed by atoms with Crippen molar-refractivity contribution in [2.45, 2.75) is 24.9 Å². The summed E-state index contributed by atoms with van der Waals surface area (Å²) in [5.74, 6) is 0. The van der Waals surface area contributed by atoms with Crippen LogP contribution in [-0.2, 0) is 43.5 Å². The average molecular weight is 457 g/mol. The number of alkyl halides is 2. The van der Waals surface area contributed by atoms with Gasteiger partial charge in [0.25, 0.3) is 0 Å². The second-order valence-electron chi connectivity index (χ2n) is 6.11. The fraction of sp³-hybridized carbons (Fsp3) is 0.250. The zero-order chi connectivity index (χ0) is 21.7. The van der Waals surface area contributed by atoms with Gasteiger partial charge < -0.3 is 15.1 Å². The summed E-state index contributed by atoms with van der Waals surface area (Å²) in [6, 6.07) is 10.7. The van der Waals surface area contributed by atoms with Crippen LogP contribution in [-0.4, -0.2) is 9.79 Å². The number of benzene rings is 2. The maximum absolute atomic E-state index is 13.6. The molecule has 0 heterocycles. The van der Waals surface area contributed by atoms with E-state index in [0.29, 0.717) is 17.7 Å². The number of nitrogens with one attached hydrogen (secondary N) is 1. The lowest BCUT2D eigenvalue weighted by molar-refractivity contribution is -0.0881. The fourth-order valence-electron chi connectivity index (χ4n) is 2.39. The molecule has 160 valence electrons. The van der Waals surface area contributed by atoms with Crippen molar-refractivity contribution in [3.63, 3.8) is 0 Å². The largest absolute Gasteiger partial charge is 0.399 e. The monoisotopic (exact) mass is 457 g/mol. The molecule has 0 aliphatic heterocycles. The van der Waals surface area contributed by atoms with Gasteiger partial charge in [0.05, 0.1) is 6.16 Å². The van der Waals surface area contributed by atoms with E-state index in [1.54, 1.807) is 12.1 Å². The molecule has 0 bridgehead atoms. The standard InChI is InChI=1S/C16H17F4NO6P2/c17-16(18,29(23,24)25)15-7-5-13(6-8-15)10-21-9-12-1-3-14(4-2-12)11-28(22,26-19)27-20/h1-8,21H,9-11H2,(H2,23,24,25). The highest BCUT2D eigenvalue weighted by atomic mass is 31.2. The second kappa shape index (κ2) is 9.49. The minimum Gasteiger partial charge on any atom is -0.320 e. The Morgan fingerprint density at radius 1 is 0.828 bits per heavy atom. The molecule has 0 amide bonds. The Bertz CT molecular complexity index is 897. The van der Waals surface area contributed by atoms with Gasteiger partial charge in [0, 0.05) is 18.7 Å². The molecule has 0 spiro atoms. The molecule has 7 nitrogen and oxygen atoms in total. The predicted molar refractivity (Wildman–Crippen MR) is 95.1 cm³/mol. The van der Waals surface area contributed by atoms with Crippen molar-refractivity contribution in [1.29, 1.82) is 0 Å². The number of halogens is 4. The van der Waals surface area contributed by atoms with Gasteiger partial charge in [-0.1, -0.05) is 48.5 Å². The third-order valence-electron chi connectivity index (χ3n) is 3.93. The van der Waals surface area contributed by atoms with Crippen LogP contribution in [0.25, 0.3) is 0 Å². The van der Waals surface area contributed by atoms with Crippen molar-refractivity contribution in [2.24, 2.45) is 0 Å².